The number of hydrogen-bond acceptors (Lipinski definition) is 2. The van der Waals surface area contributed by atoms with Gasteiger partial charge >= 0.3 is 0 Å². The Bertz CT molecular complexity index is 197. The summed E-state index contributed by atoms with van der Waals surface area (Å²) in [6.45, 7) is 1.65. The van der Waals surface area contributed by atoms with Crippen LogP contribution >= 0.6 is 0 Å². The number of carbonyl (C=O) groups excluding carboxylic acids is 2. The topological polar surface area (TPSA) is 46.2 Å². The average molecular weight is 122 g/mol. The van der Waals surface area contributed by atoms with Gasteiger partial charge < -0.3 is 5.32 Å². The summed E-state index contributed by atoms with van der Waals surface area (Å²) in [7, 11) is 1.33. The number of amides is 2. The van der Waals surface area contributed by atoms with Crippen molar-refractivity contribution in [1.82, 2.24) is 5.32 Å². The number of rotatable bonds is 0. The minimum absolute atomic E-state index is 0.303. The second-order valence-corrected chi connectivity index (χ2v) is 1.83. The van der Waals surface area contributed by atoms with Crippen molar-refractivity contribution in [2.75, 3.05) is 0 Å². The van der Waals surface area contributed by atoms with Crippen molar-refractivity contribution in [2.24, 2.45) is 0 Å². The predicted molar refractivity (Wildman–Crippen MR) is 33.0 cm³/mol. The van der Waals surface area contributed by atoms with E-state index < -0.39 is 0 Å². The molecule has 1 aliphatic rings. The Hall–Kier alpha value is -1.06. The van der Waals surface area contributed by atoms with Crippen molar-refractivity contribution in [1.29, 1.82) is 0 Å². The van der Waals surface area contributed by atoms with Crippen molar-refractivity contribution in [2.45, 2.75) is 6.92 Å². The van der Waals surface area contributed by atoms with E-state index >= 15 is 0 Å². The van der Waals surface area contributed by atoms with Crippen molar-refractivity contribution in [3.63, 3.8) is 0 Å². The lowest BCUT2D eigenvalue weighted by Crippen LogP contribution is -2.37. The van der Waals surface area contributed by atoms with Crippen molar-refractivity contribution < 1.29 is 9.59 Å². The van der Waals surface area contributed by atoms with E-state index in [0.717, 1.165) is 0 Å². The summed E-state index contributed by atoms with van der Waals surface area (Å²) in [5.74, 6) is 0.856. The fourth-order valence-electron chi connectivity index (χ4n) is 0.529. The molecule has 1 radical (unpaired) electrons. The summed E-state index contributed by atoms with van der Waals surface area (Å²) >= 11 is 0. The van der Waals surface area contributed by atoms with E-state index in [1.165, 1.54) is 13.3 Å². The highest BCUT2D eigenvalue weighted by molar-refractivity contribution is 6.79. The number of nitrogens with one attached hydrogen (secondary N) is 1. The first kappa shape index (κ1) is 6.07. The van der Waals surface area contributed by atoms with E-state index in [4.69, 9.17) is 0 Å². The van der Waals surface area contributed by atoms with Gasteiger partial charge in [-0.25, -0.2) is 0 Å². The third-order valence-corrected chi connectivity index (χ3v) is 1.08. The van der Waals surface area contributed by atoms with E-state index in [1.807, 2.05) is 0 Å². The molecular formula is C5H5BNO2. The van der Waals surface area contributed by atoms with Crippen molar-refractivity contribution in [3.05, 3.63) is 11.5 Å². The van der Waals surface area contributed by atoms with Gasteiger partial charge in [-0.1, -0.05) is 0 Å². The Morgan fingerprint density at radius 2 is 2.22 bits per heavy atom. The Labute approximate surface area is 53.4 Å². The molecule has 0 fully saturated rings. The van der Waals surface area contributed by atoms with Gasteiger partial charge in [0, 0.05) is 5.57 Å². The van der Waals surface area contributed by atoms with E-state index in [1.54, 1.807) is 6.92 Å². The largest absolute Gasteiger partial charge is 0.302 e. The van der Waals surface area contributed by atoms with Crippen LogP contribution in [0.3, 0.4) is 0 Å². The second-order valence-electron chi connectivity index (χ2n) is 1.83. The summed E-state index contributed by atoms with van der Waals surface area (Å²) in [6, 6.07) is 0. The van der Waals surface area contributed by atoms with Crippen LogP contribution < -0.4 is 5.32 Å². The van der Waals surface area contributed by atoms with Gasteiger partial charge in [0.05, 0.1) is 0 Å². The summed E-state index contributed by atoms with van der Waals surface area (Å²) < 4.78 is 0. The lowest BCUT2D eigenvalue weighted by atomic mass is 9.73. The van der Waals surface area contributed by atoms with Crippen LogP contribution in [0.4, 0.5) is 4.79 Å². The van der Waals surface area contributed by atoms with E-state index in [2.05, 4.69) is 5.32 Å². The van der Waals surface area contributed by atoms with Gasteiger partial charge in [0.15, 0.2) is 5.81 Å². The molecule has 0 spiro atoms. The fraction of sp³-hybridized carbons (Fsp3) is 0.200. The maximum absolute atomic E-state index is 10.6. The number of carbonyl (C=O) groups is 2. The Morgan fingerprint density at radius 1 is 1.56 bits per heavy atom. The zero-order valence-corrected chi connectivity index (χ0v) is 4.97. The molecule has 0 bridgehead atoms. The van der Waals surface area contributed by atoms with Crippen LogP contribution in [0.5, 0.6) is 0 Å². The van der Waals surface area contributed by atoms with Gasteiger partial charge in [-0.05, 0) is 6.92 Å². The maximum Gasteiger partial charge on any atom is 0.263 e. The minimum Gasteiger partial charge on any atom is -0.302 e. The van der Waals surface area contributed by atoms with Gasteiger partial charge in [0.1, 0.15) is 0 Å². The van der Waals surface area contributed by atoms with Crippen molar-refractivity contribution in [3.8, 4) is 0 Å². The standard InChI is InChI=1S/C5H5BNO2/c1-3-2-6-5(9)7-4(3)8/h2H,1H3,(H,7,8,9). The van der Waals surface area contributed by atoms with Crippen LogP contribution in [-0.4, -0.2) is 19.0 Å². The first-order chi connectivity index (χ1) is 4.20. The zero-order valence-electron chi connectivity index (χ0n) is 4.97. The van der Waals surface area contributed by atoms with Crippen molar-refractivity contribution >= 4 is 19.0 Å². The molecule has 1 N–H and O–H groups in total. The molecule has 0 atom stereocenters. The molecule has 1 rings (SSSR count). The maximum atomic E-state index is 10.6. The number of hydrogen-bond donors (Lipinski definition) is 1. The molecule has 0 unspecified atom stereocenters. The molecule has 0 aromatic rings. The summed E-state index contributed by atoms with van der Waals surface area (Å²) in [6.07, 6.45) is 0. The highest BCUT2D eigenvalue weighted by atomic mass is 16.2. The lowest BCUT2D eigenvalue weighted by molar-refractivity contribution is -0.116. The molecule has 3 nitrogen and oxygen atoms in total. The third kappa shape index (κ3) is 1.19. The van der Waals surface area contributed by atoms with Gasteiger partial charge in [-0.15, -0.1) is 5.98 Å². The predicted octanol–water partition coefficient (Wildman–Crippen LogP) is -0.156. The molecule has 4 heteroatoms. The van der Waals surface area contributed by atoms with Gasteiger partial charge in [-0.3, -0.25) is 9.59 Å². The van der Waals surface area contributed by atoms with Gasteiger partial charge in [0.2, 0.25) is 0 Å². The molecular weight excluding hydrogens is 117 g/mol. The first-order valence-corrected chi connectivity index (χ1v) is 2.57. The molecule has 1 aliphatic heterocycles. The summed E-state index contributed by atoms with van der Waals surface area (Å²) in [5, 5.41) is 2.13. The zero-order chi connectivity index (χ0) is 6.85. The molecule has 45 valence electrons. The smallest absolute Gasteiger partial charge is 0.263 e. The summed E-state index contributed by atoms with van der Waals surface area (Å²) in [4.78, 5) is 21.0. The van der Waals surface area contributed by atoms with Crippen LogP contribution in [-0.2, 0) is 4.79 Å². The quantitative estimate of drug-likeness (QED) is 0.454. The van der Waals surface area contributed by atoms with Crippen LogP contribution in [0.25, 0.3) is 0 Å². The van der Waals surface area contributed by atoms with Gasteiger partial charge in [0.25, 0.3) is 13.2 Å². The second kappa shape index (κ2) is 2.05. The number of imide groups is 1. The van der Waals surface area contributed by atoms with Crippen LogP contribution in [0.15, 0.2) is 11.5 Å². The molecule has 0 aliphatic carbocycles. The molecule has 1 heterocycles. The molecule has 0 aromatic heterocycles. The normalized spacial score (nSPS) is 18.1. The Kier molecular flexibility index (Phi) is 1.38. The molecule has 9 heavy (non-hydrogen) atoms. The molecule has 0 aromatic carbocycles. The first-order valence-electron chi connectivity index (χ1n) is 2.57. The molecule has 0 saturated heterocycles. The Morgan fingerprint density at radius 3 is 2.67 bits per heavy atom. The fourth-order valence-corrected chi connectivity index (χ4v) is 0.529. The highest BCUT2D eigenvalue weighted by Gasteiger charge is 2.14. The van der Waals surface area contributed by atoms with E-state index in [-0.39, 0.29) is 11.7 Å². The highest BCUT2D eigenvalue weighted by Crippen LogP contribution is 1.95. The van der Waals surface area contributed by atoms with E-state index in [9.17, 15) is 9.59 Å². The molecule has 2 amide bonds. The summed E-state index contributed by atoms with van der Waals surface area (Å²) in [5.41, 5.74) is 0.564. The van der Waals surface area contributed by atoms with Crippen LogP contribution in [0.1, 0.15) is 6.92 Å². The lowest BCUT2D eigenvalue weighted by Gasteiger charge is -2.06. The SMILES string of the molecule is CC1=C[B]C(=O)NC1=O. The molecule has 0 saturated carbocycles. The van der Waals surface area contributed by atoms with Crippen LogP contribution in [0, 0.1) is 0 Å². The van der Waals surface area contributed by atoms with Crippen LogP contribution in [0.2, 0.25) is 0 Å². The Balaban J connectivity index is 2.79. The van der Waals surface area contributed by atoms with Gasteiger partial charge in [-0.2, -0.15) is 0 Å². The minimum atomic E-state index is -0.342. The third-order valence-electron chi connectivity index (χ3n) is 1.08. The average Bonchev–Trinajstić information content (AvgIpc) is 1.80. The monoisotopic (exact) mass is 122 g/mol. The van der Waals surface area contributed by atoms with E-state index in [0.29, 0.717) is 5.57 Å².